The molecular weight excluding hydrogens is 398 g/mol. The number of nitrogens with one attached hydrogen (secondary N) is 3. The molecule has 1 aliphatic heterocycles. The Labute approximate surface area is 181 Å². The normalized spacial score (nSPS) is 16.5. The smallest absolute Gasteiger partial charge is 0.340 e. The highest BCUT2D eigenvalue weighted by atomic mass is 16.5. The Bertz CT molecular complexity index is 975. The molecule has 2 amide bonds. The number of carbonyl (C=O) groups is 3. The minimum atomic E-state index is -0.439. The van der Waals surface area contributed by atoms with E-state index in [1.54, 1.807) is 38.8 Å². The Morgan fingerprint density at radius 2 is 2.00 bits per heavy atom. The molecule has 0 aromatic carbocycles. The Kier molecular flexibility index (Phi) is 6.82. The number of likely N-dealkylation sites (tertiary alicyclic amines) is 1. The zero-order chi connectivity index (χ0) is 22.7. The summed E-state index contributed by atoms with van der Waals surface area (Å²) in [7, 11) is 0. The van der Waals surface area contributed by atoms with Crippen LogP contribution in [0.1, 0.15) is 70.1 Å². The van der Waals surface area contributed by atoms with E-state index in [1.165, 1.54) is 0 Å². The summed E-state index contributed by atoms with van der Waals surface area (Å²) in [4.78, 5) is 43.0. The van der Waals surface area contributed by atoms with Gasteiger partial charge in [-0.15, -0.1) is 0 Å². The third-order valence-corrected chi connectivity index (χ3v) is 5.67. The lowest BCUT2D eigenvalue weighted by Crippen LogP contribution is -2.45. The van der Waals surface area contributed by atoms with Gasteiger partial charge < -0.3 is 19.9 Å². The largest absolute Gasteiger partial charge is 0.459 e. The predicted octanol–water partition coefficient (Wildman–Crippen LogP) is 2.40. The molecule has 0 spiro atoms. The molecule has 3 heterocycles. The first-order valence-electron chi connectivity index (χ1n) is 10.6. The van der Waals surface area contributed by atoms with Crippen LogP contribution in [0.2, 0.25) is 0 Å². The summed E-state index contributed by atoms with van der Waals surface area (Å²) < 4.78 is 5.31. The lowest BCUT2D eigenvalue weighted by atomic mass is 9.96. The van der Waals surface area contributed by atoms with Crippen molar-refractivity contribution < 1.29 is 19.1 Å². The average molecular weight is 430 g/mol. The minimum absolute atomic E-state index is 0.0707. The molecule has 168 valence electrons. The number of rotatable bonds is 6. The van der Waals surface area contributed by atoms with Crippen molar-refractivity contribution in [2.24, 2.45) is 5.92 Å². The molecule has 2 aromatic rings. The van der Waals surface area contributed by atoms with E-state index in [4.69, 9.17) is 4.74 Å². The molecule has 1 fully saturated rings. The zero-order valence-electron chi connectivity index (χ0n) is 18.8. The van der Waals surface area contributed by atoms with E-state index in [2.05, 4.69) is 20.5 Å². The van der Waals surface area contributed by atoms with Gasteiger partial charge in [-0.1, -0.05) is 0 Å². The van der Waals surface area contributed by atoms with Crippen molar-refractivity contribution in [3.63, 3.8) is 0 Å². The van der Waals surface area contributed by atoms with Crippen molar-refractivity contribution in [1.29, 1.82) is 0 Å². The highest BCUT2D eigenvalue weighted by molar-refractivity contribution is 6.00. The van der Waals surface area contributed by atoms with Gasteiger partial charge in [0, 0.05) is 36.6 Å². The van der Waals surface area contributed by atoms with Crippen LogP contribution in [-0.4, -0.2) is 57.1 Å². The molecule has 1 atom stereocenters. The van der Waals surface area contributed by atoms with Crippen LogP contribution >= 0.6 is 0 Å². The van der Waals surface area contributed by atoms with E-state index in [9.17, 15) is 14.4 Å². The molecule has 2 aromatic heterocycles. The van der Waals surface area contributed by atoms with Crippen LogP contribution in [0.25, 0.3) is 0 Å². The summed E-state index contributed by atoms with van der Waals surface area (Å²) in [5, 5.41) is 9.76. The van der Waals surface area contributed by atoms with Crippen molar-refractivity contribution in [2.75, 3.05) is 13.1 Å². The first-order valence-corrected chi connectivity index (χ1v) is 10.6. The Hall–Kier alpha value is -3.10. The van der Waals surface area contributed by atoms with Gasteiger partial charge in [-0.25, -0.2) is 4.79 Å². The standard InChI is InChI=1S/C22H31N5O4/c1-12(2)31-22(30)18-13(3)19(25-15(18)5)21(29)27-8-6-7-16(11-27)20(28)23-9-17-10-24-26-14(17)4/h10,12,16,25H,6-9,11H2,1-5H3,(H,23,28)(H,24,26). The maximum Gasteiger partial charge on any atom is 0.340 e. The molecule has 0 bridgehead atoms. The zero-order valence-corrected chi connectivity index (χ0v) is 18.8. The molecule has 1 saturated heterocycles. The van der Waals surface area contributed by atoms with Gasteiger partial charge in [0.25, 0.3) is 5.91 Å². The first-order chi connectivity index (χ1) is 14.7. The summed E-state index contributed by atoms with van der Waals surface area (Å²) >= 11 is 0. The number of aryl methyl sites for hydroxylation is 2. The summed E-state index contributed by atoms with van der Waals surface area (Å²) in [6.45, 7) is 10.3. The number of aromatic nitrogens is 3. The van der Waals surface area contributed by atoms with Crippen LogP contribution in [0.4, 0.5) is 0 Å². The number of ether oxygens (including phenoxy) is 1. The third-order valence-electron chi connectivity index (χ3n) is 5.67. The van der Waals surface area contributed by atoms with Crippen LogP contribution in [0.15, 0.2) is 6.20 Å². The molecule has 1 aliphatic rings. The number of carbonyl (C=O) groups excluding carboxylic acids is 3. The van der Waals surface area contributed by atoms with Crippen molar-refractivity contribution >= 4 is 17.8 Å². The van der Waals surface area contributed by atoms with Gasteiger partial charge in [-0.2, -0.15) is 5.10 Å². The van der Waals surface area contributed by atoms with Crippen LogP contribution < -0.4 is 5.32 Å². The van der Waals surface area contributed by atoms with Crippen molar-refractivity contribution in [3.05, 3.63) is 40.0 Å². The second-order valence-corrected chi connectivity index (χ2v) is 8.41. The summed E-state index contributed by atoms with van der Waals surface area (Å²) in [6.07, 6.45) is 2.93. The molecular formula is C22H31N5O4. The molecule has 0 aliphatic carbocycles. The van der Waals surface area contributed by atoms with Crippen molar-refractivity contribution in [3.8, 4) is 0 Å². The Balaban J connectivity index is 1.67. The van der Waals surface area contributed by atoms with E-state index in [0.717, 1.165) is 24.1 Å². The number of amides is 2. The fourth-order valence-corrected chi connectivity index (χ4v) is 3.96. The van der Waals surface area contributed by atoms with Crippen molar-refractivity contribution in [2.45, 2.75) is 60.1 Å². The van der Waals surface area contributed by atoms with Gasteiger partial charge in [0.05, 0.1) is 23.8 Å². The van der Waals surface area contributed by atoms with Gasteiger partial charge in [-0.3, -0.25) is 14.7 Å². The van der Waals surface area contributed by atoms with E-state index in [0.29, 0.717) is 42.1 Å². The summed E-state index contributed by atoms with van der Waals surface area (Å²) in [5.41, 5.74) is 3.83. The van der Waals surface area contributed by atoms with E-state index >= 15 is 0 Å². The summed E-state index contributed by atoms with van der Waals surface area (Å²) in [5.74, 6) is -0.983. The van der Waals surface area contributed by atoms with E-state index in [1.807, 2.05) is 6.92 Å². The second kappa shape index (κ2) is 9.36. The molecule has 9 nitrogen and oxygen atoms in total. The molecule has 31 heavy (non-hydrogen) atoms. The lowest BCUT2D eigenvalue weighted by Gasteiger charge is -2.32. The molecule has 3 N–H and O–H groups in total. The maximum atomic E-state index is 13.2. The number of esters is 1. The average Bonchev–Trinajstić information content (AvgIpc) is 3.26. The number of hydrogen-bond donors (Lipinski definition) is 3. The van der Waals surface area contributed by atoms with Crippen LogP contribution in [0, 0.1) is 26.7 Å². The topological polar surface area (TPSA) is 120 Å². The van der Waals surface area contributed by atoms with Crippen LogP contribution in [-0.2, 0) is 16.1 Å². The predicted molar refractivity (Wildman–Crippen MR) is 115 cm³/mol. The van der Waals surface area contributed by atoms with Gasteiger partial charge in [0.15, 0.2) is 0 Å². The third kappa shape index (κ3) is 4.98. The minimum Gasteiger partial charge on any atom is -0.459 e. The Morgan fingerprint density at radius 1 is 1.26 bits per heavy atom. The number of nitrogens with zero attached hydrogens (tertiary/aromatic N) is 2. The van der Waals surface area contributed by atoms with E-state index in [-0.39, 0.29) is 23.8 Å². The van der Waals surface area contributed by atoms with Gasteiger partial charge in [0.2, 0.25) is 5.91 Å². The highest BCUT2D eigenvalue weighted by Crippen LogP contribution is 2.24. The first kappa shape index (κ1) is 22.6. The highest BCUT2D eigenvalue weighted by Gasteiger charge is 2.32. The molecule has 3 rings (SSSR count). The summed E-state index contributed by atoms with van der Waals surface area (Å²) in [6, 6.07) is 0. The molecule has 0 saturated carbocycles. The number of H-pyrrole nitrogens is 2. The van der Waals surface area contributed by atoms with Gasteiger partial charge in [-0.05, 0) is 53.0 Å². The second-order valence-electron chi connectivity index (χ2n) is 8.41. The van der Waals surface area contributed by atoms with Gasteiger partial charge in [0.1, 0.15) is 5.69 Å². The lowest BCUT2D eigenvalue weighted by molar-refractivity contribution is -0.126. The Morgan fingerprint density at radius 3 is 2.65 bits per heavy atom. The quantitative estimate of drug-likeness (QED) is 0.609. The monoisotopic (exact) mass is 429 g/mol. The molecule has 1 unspecified atom stereocenters. The SMILES string of the molecule is Cc1[nH]ncc1CNC(=O)C1CCCN(C(=O)c2[nH]c(C)c(C(=O)OC(C)C)c2C)C1. The maximum absolute atomic E-state index is 13.2. The van der Waals surface area contributed by atoms with Crippen LogP contribution in [0.5, 0.6) is 0 Å². The fourth-order valence-electron chi connectivity index (χ4n) is 3.96. The van der Waals surface area contributed by atoms with E-state index < -0.39 is 5.97 Å². The number of piperidine rings is 1. The fraction of sp³-hybridized carbons (Fsp3) is 0.545. The number of hydrogen-bond acceptors (Lipinski definition) is 5. The molecule has 0 radical (unpaired) electrons. The van der Waals surface area contributed by atoms with Gasteiger partial charge >= 0.3 is 5.97 Å². The van der Waals surface area contributed by atoms with Crippen molar-refractivity contribution in [1.82, 2.24) is 25.4 Å². The number of aromatic amines is 2. The molecule has 9 heteroatoms. The van der Waals surface area contributed by atoms with Crippen LogP contribution in [0.3, 0.4) is 0 Å².